The number of hydrogen-bond donors (Lipinski definition) is 3. The molecule has 9 nitrogen and oxygen atoms in total. The number of piperidine rings is 1. The lowest BCUT2D eigenvalue weighted by Gasteiger charge is -2.44. The first-order valence-corrected chi connectivity index (χ1v) is 14.7. The van der Waals surface area contributed by atoms with Crippen LogP contribution in [-0.4, -0.2) is 58.8 Å². The molecule has 2 fully saturated rings. The largest absolute Gasteiger partial charge is 0.484 e. The van der Waals surface area contributed by atoms with Crippen molar-refractivity contribution in [3.05, 3.63) is 90.5 Å². The highest BCUT2D eigenvalue weighted by atomic mass is 16.5. The zero-order chi connectivity index (χ0) is 30.4. The Kier molecular flexibility index (Phi) is 9.21. The van der Waals surface area contributed by atoms with Crippen LogP contribution in [-0.2, 0) is 19.2 Å². The summed E-state index contributed by atoms with van der Waals surface area (Å²) in [6, 6.07) is 24.3. The minimum absolute atomic E-state index is 0.0759. The molecule has 1 saturated carbocycles. The van der Waals surface area contributed by atoms with Crippen LogP contribution in [0.5, 0.6) is 5.75 Å². The van der Waals surface area contributed by atoms with E-state index < -0.39 is 41.0 Å². The van der Waals surface area contributed by atoms with Gasteiger partial charge in [-0.25, -0.2) is 0 Å². The normalized spacial score (nSPS) is 23.7. The van der Waals surface area contributed by atoms with E-state index in [4.69, 9.17) is 4.74 Å². The summed E-state index contributed by atoms with van der Waals surface area (Å²) in [5, 5.41) is 17.2. The Morgan fingerprint density at radius 1 is 0.837 bits per heavy atom. The van der Waals surface area contributed by atoms with Crippen LogP contribution in [0.25, 0.3) is 0 Å². The Labute approximate surface area is 251 Å². The van der Waals surface area contributed by atoms with Crippen molar-refractivity contribution in [1.82, 2.24) is 4.90 Å². The Morgan fingerprint density at radius 2 is 1.40 bits per heavy atom. The second-order valence-corrected chi connectivity index (χ2v) is 11.5. The molecule has 3 N–H and O–H groups in total. The van der Waals surface area contributed by atoms with Crippen molar-refractivity contribution in [3.8, 4) is 5.75 Å². The summed E-state index contributed by atoms with van der Waals surface area (Å²) in [4.78, 5) is 55.4. The number of para-hydroxylation sites is 2. The highest BCUT2D eigenvalue weighted by Gasteiger charge is 2.55. The molecule has 0 bridgehead atoms. The molecule has 1 aliphatic carbocycles. The van der Waals surface area contributed by atoms with Gasteiger partial charge in [-0.15, -0.1) is 0 Å². The average Bonchev–Trinajstić information content (AvgIpc) is 3.00. The van der Waals surface area contributed by atoms with Crippen LogP contribution in [0.4, 0.5) is 11.4 Å². The van der Waals surface area contributed by atoms with Gasteiger partial charge in [-0.2, -0.15) is 0 Å². The SMILES string of the molecule is CC1(O)CC(=O)C(C(=O)Nc2ccccc2)C(c2ccc(OCC(=O)N3CCCCC3)cc2)C1C(=O)Nc1ccccc1. The Bertz CT molecular complexity index is 1440. The number of ether oxygens (including phenoxy) is 1. The van der Waals surface area contributed by atoms with Crippen LogP contribution in [0.3, 0.4) is 0 Å². The minimum Gasteiger partial charge on any atom is -0.484 e. The molecule has 224 valence electrons. The van der Waals surface area contributed by atoms with Crippen molar-refractivity contribution in [3.63, 3.8) is 0 Å². The smallest absolute Gasteiger partial charge is 0.260 e. The predicted octanol–water partition coefficient (Wildman–Crippen LogP) is 4.40. The van der Waals surface area contributed by atoms with Gasteiger partial charge in [0.05, 0.1) is 11.5 Å². The average molecular weight is 584 g/mol. The molecule has 1 saturated heterocycles. The van der Waals surface area contributed by atoms with E-state index in [2.05, 4.69) is 10.6 Å². The van der Waals surface area contributed by atoms with E-state index in [9.17, 15) is 24.3 Å². The van der Waals surface area contributed by atoms with Crippen molar-refractivity contribution in [2.45, 2.75) is 44.1 Å². The molecule has 2 aliphatic rings. The van der Waals surface area contributed by atoms with E-state index in [1.807, 2.05) is 12.1 Å². The Morgan fingerprint density at radius 3 is 1.98 bits per heavy atom. The number of anilines is 2. The lowest BCUT2D eigenvalue weighted by atomic mass is 9.61. The van der Waals surface area contributed by atoms with E-state index in [1.54, 1.807) is 77.7 Å². The molecule has 3 aromatic carbocycles. The third-order valence-electron chi connectivity index (χ3n) is 8.25. The fourth-order valence-corrected chi connectivity index (χ4v) is 6.14. The number of rotatable bonds is 8. The van der Waals surface area contributed by atoms with E-state index in [-0.39, 0.29) is 18.9 Å². The van der Waals surface area contributed by atoms with Crippen molar-refractivity contribution >= 4 is 34.9 Å². The quantitative estimate of drug-likeness (QED) is 0.338. The molecule has 0 aromatic heterocycles. The lowest BCUT2D eigenvalue weighted by Crippen LogP contribution is -2.56. The van der Waals surface area contributed by atoms with Gasteiger partial charge in [-0.1, -0.05) is 48.5 Å². The maximum atomic E-state index is 13.8. The molecule has 0 radical (unpaired) electrons. The molecule has 43 heavy (non-hydrogen) atoms. The second kappa shape index (κ2) is 13.2. The van der Waals surface area contributed by atoms with Gasteiger partial charge in [-0.05, 0) is 68.1 Å². The summed E-state index contributed by atoms with van der Waals surface area (Å²) < 4.78 is 5.77. The van der Waals surface area contributed by atoms with Gasteiger partial charge in [0.2, 0.25) is 11.8 Å². The van der Waals surface area contributed by atoms with Crippen LogP contribution in [0.2, 0.25) is 0 Å². The number of hydrogen-bond acceptors (Lipinski definition) is 6. The van der Waals surface area contributed by atoms with Crippen LogP contribution in [0.1, 0.15) is 44.1 Å². The third kappa shape index (κ3) is 7.11. The summed E-state index contributed by atoms with van der Waals surface area (Å²) in [6.07, 6.45) is 2.74. The number of nitrogens with zero attached hydrogens (tertiary/aromatic N) is 1. The number of benzene rings is 3. The summed E-state index contributed by atoms with van der Waals surface area (Å²) in [7, 11) is 0. The molecule has 0 spiro atoms. The molecule has 4 atom stereocenters. The van der Waals surface area contributed by atoms with E-state index in [0.717, 1.165) is 32.4 Å². The maximum absolute atomic E-state index is 13.8. The molecule has 9 heteroatoms. The number of carbonyl (C=O) groups is 4. The van der Waals surface area contributed by atoms with E-state index in [1.165, 1.54) is 6.92 Å². The zero-order valence-electron chi connectivity index (χ0n) is 24.2. The summed E-state index contributed by atoms with van der Waals surface area (Å²) >= 11 is 0. The van der Waals surface area contributed by atoms with Crippen molar-refractivity contribution in [1.29, 1.82) is 0 Å². The predicted molar refractivity (Wildman–Crippen MR) is 162 cm³/mol. The van der Waals surface area contributed by atoms with Gasteiger partial charge >= 0.3 is 0 Å². The van der Waals surface area contributed by atoms with Gasteiger partial charge in [0.1, 0.15) is 17.5 Å². The molecule has 4 unspecified atom stereocenters. The number of likely N-dealkylation sites (tertiary alicyclic amines) is 1. The third-order valence-corrected chi connectivity index (χ3v) is 8.25. The molecule has 3 aromatic rings. The van der Waals surface area contributed by atoms with Crippen molar-refractivity contribution in [2.24, 2.45) is 11.8 Å². The van der Waals surface area contributed by atoms with Crippen LogP contribution >= 0.6 is 0 Å². The first kappa shape index (κ1) is 30.0. The first-order valence-electron chi connectivity index (χ1n) is 14.7. The molecular formula is C34H37N3O6. The molecule has 1 aliphatic heterocycles. The highest BCUT2D eigenvalue weighted by molar-refractivity contribution is 6.10. The Balaban J connectivity index is 1.44. The second-order valence-electron chi connectivity index (χ2n) is 11.5. The maximum Gasteiger partial charge on any atom is 0.260 e. The molecule has 1 heterocycles. The van der Waals surface area contributed by atoms with Crippen molar-refractivity contribution in [2.75, 3.05) is 30.3 Å². The molecular weight excluding hydrogens is 546 g/mol. The topological polar surface area (TPSA) is 125 Å². The number of Topliss-reactive ketones (excluding diaryl/α,β-unsaturated/α-hetero) is 1. The molecule has 3 amide bonds. The number of carbonyl (C=O) groups excluding carboxylic acids is 4. The van der Waals surface area contributed by atoms with Crippen LogP contribution < -0.4 is 15.4 Å². The Hall–Kier alpha value is -4.50. The number of amides is 3. The van der Waals surface area contributed by atoms with E-state index in [0.29, 0.717) is 22.7 Å². The summed E-state index contributed by atoms with van der Waals surface area (Å²) in [6.45, 7) is 2.83. The summed E-state index contributed by atoms with van der Waals surface area (Å²) in [5.41, 5.74) is -0.153. The molecule has 5 rings (SSSR count). The monoisotopic (exact) mass is 583 g/mol. The van der Waals surface area contributed by atoms with Gasteiger partial charge < -0.3 is 25.4 Å². The highest BCUT2D eigenvalue weighted by Crippen LogP contribution is 2.47. The van der Waals surface area contributed by atoms with Crippen LogP contribution in [0.15, 0.2) is 84.9 Å². The van der Waals surface area contributed by atoms with E-state index >= 15 is 0 Å². The first-order chi connectivity index (χ1) is 20.7. The standard InChI is InChI=1S/C34H37N3O6/c1-34(42)21-27(38)30(32(40)35-24-11-5-2-6-12-24)29(31(34)33(41)36-25-13-7-3-8-14-25)23-15-17-26(18-16-23)43-22-28(39)37-19-9-4-10-20-37/h2-3,5-8,11-18,29-31,42H,4,9-10,19-22H2,1H3,(H,35,40)(H,36,41). The summed E-state index contributed by atoms with van der Waals surface area (Å²) in [5.74, 6) is -4.50. The van der Waals surface area contributed by atoms with Gasteiger partial charge in [0.25, 0.3) is 5.91 Å². The van der Waals surface area contributed by atoms with Crippen LogP contribution in [0, 0.1) is 11.8 Å². The fourth-order valence-electron chi connectivity index (χ4n) is 6.14. The fraction of sp³-hybridized carbons (Fsp3) is 0.353. The van der Waals surface area contributed by atoms with Gasteiger partial charge in [0.15, 0.2) is 6.61 Å². The van der Waals surface area contributed by atoms with Crippen molar-refractivity contribution < 1.29 is 29.0 Å². The minimum atomic E-state index is -1.72. The number of nitrogens with one attached hydrogen (secondary N) is 2. The lowest BCUT2D eigenvalue weighted by molar-refractivity contribution is -0.150. The van der Waals surface area contributed by atoms with Gasteiger partial charge in [0, 0.05) is 36.8 Å². The zero-order valence-corrected chi connectivity index (χ0v) is 24.2. The number of ketones is 1. The number of aliphatic hydroxyl groups is 1. The van der Waals surface area contributed by atoms with Gasteiger partial charge in [-0.3, -0.25) is 19.2 Å².